The van der Waals surface area contributed by atoms with Crippen LogP contribution in [0.15, 0.2) is 58.3 Å². The van der Waals surface area contributed by atoms with Gasteiger partial charge in [-0.05, 0) is 34.7 Å². The Hall–Kier alpha value is -2.61. The van der Waals surface area contributed by atoms with Gasteiger partial charge in [-0.3, -0.25) is 4.79 Å². The van der Waals surface area contributed by atoms with E-state index in [1.807, 2.05) is 42.5 Å². The molecule has 2 heterocycles. The highest BCUT2D eigenvalue weighted by atomic mass is 32.2. The first-order valence-corrected chi connectivity index (χ1v) is 7.95. The Morgan fingerprint density at radius 3 is 2.74 bits per heavy atom. The number of furan rings is 1. The van der Waals surface area contributed by atoms with Crippen LogP contribution in [-0.2, 0) is 18.4 Å². The van der Waals surface area contributed by atoms with Crippen LogP contribution in [0.25, 0.3) is 0 Å². The molecule has 1 aromatic carbocycles. The maximum Gasteiger partial charge on any atom is 0.237 e. The summed E-state index contributed by atoms with van der Waals surface area (Å²) >= 11 is 1.30. The van der Waals surface area contributed by atoms with Crippen LogP contribution in [-0.4, -0.2) is 31.9 Å². The summed E-state index contributed by atoms with van der Waals surface area (Å²) in [6, 6.07) is 13.2. The highest BCUT2D eigenvalue weighted by Gasteiger charge is 2.18. The summed E-state index contributed by atoms with van der Waals surface area (Å²) in [5, 5.41) is 11.8. The van der Waals surface area contributed by atoms with Crippen LogP contribution in [0, 0.1) is 0 Å². The largest absolute Gasteiger partial charge is 0.467 e. The van der Waals surface area contributed by atoms with Crippen LogP contribution >= 0.6 is 11.8 Å². The molecule has 3 aromatic rings. The summed E-state index contributed by atoms with van der Waals surface area (Å²) in [6.45, 7) is 0.382. The van der Waals surface area contributed by atoms with Gasteiger partial charge in [0.1, 0.15) is 5.76 Å². The number of aryl methyl sites for hydroxylation is 1. The topological polar surface area (TPSA) is 77.1 Å². The molecule has 0 atom stereocenters. The summed E-state index contributed by atoms with van der Waals surface area (Å²) in [5.74, 6) is 0.928. The number of rotatable bonds is 6. The number of aromatic nitrogens is 4. The average molecular weight is 329 g/mol. The predicted octanol–water partition coefficient (Wildman–Crippen LogP) is 2.13. The van der Waals surface area contributed by atoms with Gasteiger partial charge < -0.3 is 9.32 Å². The molecular weight excluding hydrogens is 314 g/mol. The zero-order chi connectivity index (χ0) is 16.1. The molecular formula is C15H15N5O2S. The SMILES string of the molecule is Cn1nnnc1SCC(=O)N(Cc1ccco1)c1ccccc1. The highest BCUT2D eigenvalue weighted by molar-refractivity contribution is 7.99. The molecule has 0 saturated carbocycles. The predicted molar refractivity (Wildman–Crippen MR) is 85.9 cm³/mol. The van der Waals surface area contributed by atoms with E-state index in [2.05, 4.69) is 15.5 Å². The fourth-order valence-corrected chi connectivity index (χ4v) is 2.76. The smallest absolute Gasteiger partial charge is 0.237 e. The number of amides is 1. The first kappa shape index (κ1) is 15.3. The molecule has 0 saturated heterocycles. The van der Waals surface area contributed by atoms with Crippen molar-refractivity contribution in [1.29, 1.82) is 0 Å². The summed E-state index contributed by atoms with van der Waals surface area (Å²) in [6.07, 6.45) is 1.60. The number of carbonyl (C=O) groups is 1. The Labute approximate surface area is 137 Å². The van der Waals surface area contributed by atoms with E-state index in [0.717, 1.165) is 11.4 Å². The second kappa shape index (κ2) is 7.10. The first-order valence-electron chi connectivity index (χ1n) is 6.97. The maximum atomic E-state index is 12.7. The number of hydrogen-bond donors (Lipinski definition) is 0. The lowest BCUT2D eigenvalue weighted by Crippen LogP contribution is -2.31. The fraction of sp³-hybridized carbons (Fsp3) is 0.200. The number of thioether (sulfide) groups is 1. The van der Waals surface area contributed by atoms with Gasteiger partial charge in [0.2, 0.25) is 11.1 Å². The molecule has 1 amide bonds. The minimum Gasteiger partial charge on any atom is -0.467 e. The van der Waals surface area contributed by atoms with Crippen molar-refractivity contribution in [2.24, 2.45) is 7.05 Å². The Balaban J connectivity index is 1.74. The lowest BCUT2D eigenvalue weighted by molar-refractivity contribution is -0.116. The molecule has 0 unspecified atom stereocenters. The Bertz CT molecular complexity index is 757. The van der Waals surface area contributed by atoms with Crippen molar-refractivity contribution in [3.63, 3.8) is 0 Å². The van der Waals surface area contributed by atoms with E-state index in [1.165, 1.54) is 16.4 Å². The molecule has 118 valence electrons. The monoisotopic (exact) mass is 329 g/mol. The normalized spacial score (nSPS) is 10.7. The van der Waals surface area contributed by atoms with Gasteiger partial charge >= 0.3 is 0 Å². The van der Waals surface area contributed by atoms with Crippen molar-refractivity contribution in [3.8, 4) is 0 Å². The van der Waals surface area contributed by atoms with Crippen molar-refractivity contribution >= 4 is 23.4 Å². The molecule has 0 aliphatic heterocycles. The van der Waals surface area contributed by atoms with Gasteiger partial charge in [0, 0.05) is 12.7 Å². The van der Waals surface area contributed by atoms with Gasteiger partial charge in [-0.15, -0.1) is 5.10 Å². The molecule has 0 fully saturated rings. The number of carbonyl (C=O) groups excluding carboxylic acids is 1. The van der Waals surface area contributed by atoms with E-state index < -0.39 is 0 Å². The van der Waals surface area contributed by atoms with Crippen molar-refractivity contribution in [1.82, 2.24) is 20.2 Å². The van der Waals surface area contributed by atoms with E-state index >= 15 is 0 Å². The molecule has 8 heteroatoms. The molecule has 0 bridgehead atoms. The Morgan fingerprint density at radius 1 is 1.26 bits per heavy atom. The number of benzene rings is 1. The number of para-hydroxylation sites is 1. The number of tetrazole rings is 1. The van der Waals surface area contributed by atoms with Gasteiger partial charge in [0.15, 0.2) is 0 Å². The zero-order valence-electron chi connectivity index (χ0n) is 12.5. The second-order valence-corrected chi connectivity index (χ2v) is 5.71. The third-order valence-electron chi connectivity index (χ3n) is 3.17. The van der Waals surface area contributed by atoms with E-state index in [-0.39, 0.29) is 11.7 Å². The van der Waals surface area contributed by atoms with Crippen LogP contribution in [0.2, 0.25) is 0 Å². The third-order valence-corrected chi connectivity index (χ3v) is 4.16. The molecule has 0 N–H and O–H groups in total. The Morgan fingerprint density at radius 2 is 2.09 bits per heavy atom. The standard InChI is InChI=1S/C15H15N5O2S/c1-19-15(16-17-18-19)23-11-14(21)20(10-13-8-5-9-22-13)12-6-3-2-4-7-12/h2-9H,10-11H2,1H3. The minimum atomic E-state index is -0.0411. The summed E-state index contributed by atoms with van der Waals surface area (Å²) in [4.78, 5) is 14.4. The summed E-state index contributed by atoms with van der Waals surface area (Å²) < 4.78 is 6.91. The quantitative estimate of drug-likeness (QED) is 0.645. The molecule has 3 rings (SSSR count). The molecule has 2 aromatic heterocycles. The molecule has 0 aliphatic rings. The number of anilines is 1. The first-order chi connectivity index (χ1) is 11.2. The molecule has 23 heavy (non-hydrogen) atoms. The minimum absolute atomic E-state index is 0.0411. The van der Waals surface area contributed by atoms with Crippen molar-refractivity contribution in [2.45, 2.75) is 11.7 Å². The Kier molecular flexibility index (Phi) is 4.72. The van der Waals surface area contributed by atoms with Crippen LogP contribution in [0.4, 0.5) is 5.69 Å². The lowest BCUT2D eigenvalue weighted by Gasteiger charge is -2.21. The van der Waals surface area contributed by atoms with Crippen LogP contribution in [0.1, 0.15) is 5.76 Å². The van der Waals surface area contributed by atoms with Crippen LogP contribution < -0.4 is 4.90 Å². The van der Waals surface area contributed by atoms with Gasteiger partial charge in [-0.2, -0.15) is 0 Å². The highest BCUT2D eigenvalue weighted by Crippen LogP contribution is 2.20. The fourth-order valence-electron chi connectivity index (χ4n) is 2.04. The van der Waals surface area contributed by atoms with Gasteiger partial charge in [0.05, 0.1) is 18.6 Å². The van der Waals surface area contributed by atoms with Gasteiger partial charge in [-0.1, -0.05) is 30.0 Å². The molecule has 0 aliphatic carbocycles. The van der Waals surface area contributed by atoms with Crippen molar-refractivity contribution in [3.05, 3.63) is 54.5 Å². The second-order valence-electron chi connectivity index (χ2n) is 4.77. The van der Waals surface area contributed by atoms with Crippen molar-refractivity contribution in [2.75, 3.05) is 10.7 Å². The molecule has 0 spiro atoms. The number of hydrogen-bond acceptors (Lipinski definition) is 6. The van der Waals surface area contributed by atoms with Crippen molar-refractivity contribution < 1.29 is 9.21 Å². The van der Waals surface area contributed by atoms with Gasteiger partial charge in [-0.25, -0.2) is 4.68 Å². The molecule has 0 radical (unpaired) electrons. The van der Waals surface area contributed by atoms with E-state index in [0.29, 0.717) is 11.7 Å². The maximum absolute atomic E-state index is 12.7. The van der Waals surface area contributed by atoms with E-state index in [1.54, 1.807) is 18.2 Å². The third kappa shape index (κ3) is 3.78. The zero-order valence-corrected chi connectivity index (χ0v) is 13.3. The van der Waals surface area contributed by atoms with Crippen LogP contribution in [0.5, 0.6) is 0 Å². The van der Waals surface area contributed by atoms with E-state index in [4.69, 9.17) is 4.42 Å². The summed E-state index contributed by atoms with van der Waals surface area (Å²) in [7, 11) is 1.74. The lowest BCUT2D eigenvalue weighted by atomic mass is 10.2. The van der Waals surface area contributed by atoms with Crippen LogP contribution in [0.3, 0.4) is 0 Å². The molecule has 7 nitrogen and oxygen atoms in total. The van der Waals surface area contributed by atoms with E-state index in [9.17, 15) is 4.79 Å². The van der Waals surface area contributed by atoms with Gasteiger partial charge in [0.25, 0.3) is 0 Å². The summed E-state index contributed by atoms with van der Waals surface area (Å²) in [5.41, 5.74) is 0.825. The number of nitrogens with zero attached hydrogens (tertiary/aromatic N) is 5. The average Bonchev–Trinajstić information content (AvgIpc) is 3.23.